The standard InChI is InChI=1S/C46H43BrN6O7S/c47-27-14-16-29(17-15-27)61-37-20-18-31-40-30(37)9-6-10-32(40)43(57)34(26-48)42(31)51-25-22-28(54)8-2-3-13-38(55)50-24-5-1-4-23-49-35-12-7-11-33-41(35)46(60)53(45(33)59)36-19-21-39(56)52-44(36)58/h6-7,9-12,14-18,20,36,49,51H,1-5,8,13,19,21-25H2,(H,50,55)(H,52,56,58). The predicted molar refractivity (Wildman–Crippen MR) is 234 cm³/mol. The molecular formula is C46H43BrN6O7S. The van der Waals surface area contributed by atoms with Gasteiger partial charge in [-0.2, -0.15) is 5.26 Å². The Morgan fingerprint density at radius 3 is 2.33 bits per heavy atom. The number of halogens is 1. The predicted octanol–water partition coefficient (Wildman–Crippen LogP) is 7.09. The molecule has 0 bridgehead atoms. The molecule has 4 aromatic rings. The van der Waals surface area contributed by atoms with E-state index in [9.17, 15) is 38.8 Å². The van der Waals surface area contributed by atoms with Gasteiger partial charge in [-0.05, 0) is 86.4 Å². The van der Waals surface area contributed by atoms with Crippen molar-refractivity contribution in [3.63, 3.8) is 0 Å². The Hall–Kier alpha value is -6.11. The van der Waals surface area contributed by atoms with Gasteiger partial charge >= 0.3 is 0 Å². The van der Waals surface area contributed by atoms with Crippen molar-refractivity contribution in [3.8, 4) is 6.07 Å². The zero-order valence-corrected chi connectivity index (χ0v) is 35.6. The van der Waals surface area contributed by atoms with Crippen LogP contribution < -0.4 is 21.3 Å². The van der Waals surface area contributed by atoms with Gasteiger partial charge in [0.2, 0.25) is 23.5 Å². The van der Waals surface area contributed by atoms with Crippen LogP contribution in [0.2, 0.25) is 0 Å². The van der Waals surface area contributed by atoms with Crippen LogP contribution in [-0.4, -0.2) is 71.7 Å². The zero-order chi connectivity index (χ0) is 43.0. The molecule has 0 aromatic heterocycles. The summed E-state index contributed by atoms with van der Waals surface area (Å²) in [6, 6.07) is 23.5. The smallest absolute Gasteiger partial charge is 0.264 e. The van der Waals surface area contributed by atoms with Crippen molar-refractivity contribution in [2.45, 2.75) is 80.0 Å². The zero-order valence-electron chi connectivity index (χ0n) is 33.2. The second-order valence-corrected chi connectivity index (χ2v) is 17.1. The van der Waals surface area contributed by atoms with Crippen molar-refractivity contribution >= 4 is 91.0 Å². The molecule has 4 aromatic carbocycles. The minimum absolute atomic E-state index is 0.0246. The molecule has 7 rings (SSSR count). The van der Waals surface area contributed by atoms with Gasteiger partial charge in [-0.3, -0.25) is 43.8 Å². The summed E-state index contributed by atoms with van der Waals surface area (Å²) in [5.74, 6) is -2.59. The summed E-state index contributed by atoms with van der Waals surface area (Å²) in [5, 5.41) is 23.3. The van der Waals surface area contributed by atoms with Crippen molar-refractivity contribution in [1.29, 1.82) is 5.26 Å². The Balaban J connectivity index is 0.792. The third-order valence-electron chi connectivity index (χ3n) is 10.9. The molecule has 61 heavy (non-hydrogen) atoms. The Kier molecular flexibility index (Phi) is 13.8. The van der Waals surface area contributed by atoms with Gasteiger partial charge in [-0.15, -0.1) is 0 Å². The Labute approximate surface area is 365 Å². The van der Waals surface area contributed by atoms with Crippen molar-refractivity contribution < 1.29 is 33.6 Å². The molecule has 5 amide bonds. The second kappa shape index (κ2) is 19.5. The van der Waals surface area contributed by atoms with Crippen LogP contribution in [0.5, 0.6) is 0 Å². The minimum Gasteiger partial charge on any atom is -0.384 e. The largest absolute Gasteiger partial charge is 0.384 e. The van der Waals surface area contributed by atoms with E-state index in [0.717, 1.165) is 54.8 Å². The number of nitrogens with one attached hydrogen (secondary N) is 4. The molecule has 1 atom stereocenters. The number of hydrogen-bond donors (Lipinski definition) is 4. The van der Waals surface area contributed by atoms with E-state index in [4.69, 9.17) is 0 Å². The van der Waals surface area contributed by atoms with E-state index >= 15 is 0 Å². The first kappa shape index (κ1) is 43.0. The van der Waals surface area contributed by atoms with Crippen LogP contribution in [-0.2, 0) is 19.2 Å². The Morgan fingerprint density at radius 2 is 1.54 bits per heavy atom. The number of carbonyl (C=O) groups is 7. The minimum atomic E-state index is -1.02. The van der Waals surface area contributed by atoms with E-state index in [0.29, 0.717) is 55.7 Å². The maximum absolute atomic E-state index is 13.5. The molecule has 15 heteroatoms. The number of nitrogens with zero attached hydrogens (tertiary/aromatic N) is 2. The fourth-order valence-corrected chi connectivity index (χ4v) is 9.06. The number of amides is 5. The van der Waals surface area contributed by atoms with Crippen LogP contribution in [0.1, 0.15) is 101 Å². The summed E-state index contributed by atoms with van der Waals surface area (Å²) in [6.07, 6.45) is 4.41. The maximum atomic E-state index is 13.5. The SMILES string of the molecule is N#CC1=C(NCCC(=O)CCCCC(=O)NCCCCCNc2cccc3c2C(=O)N(C2CCC(=O)NC2=O)C3=O)c2ccc(Sc3ccc(Br)cc3)c3cccc(c23)C1=O. The fourth-order valence-electron chi connectivity index (χ4n) is 7.86. The van der Waals surface area contributed by atoms with Crippen LogP contribution in [0.4, 0.5) is 5.69 Å². The van der Waals surface area contributed by atoms with E-state index in [1.54, 1.807) is 36.0 Å². The summed E-state index contributed by atoms with van der Waals surface area (Å²) < 4.78 is 0.985. The van der Waals surface area contributed by atoms with Crippen molar-refractivity contribution in [1.82, 2.24) is 20.9 Å². The van der Waals surface area contributed by atoms with Gasteiger partial charge < -0.3 is 16.0 Å². The van der Waals surface area contributed by atoms with Gasteiger partial charge in [0.05, 0.1) is 16.8 Å². The van der Waals surface area contributed by atoms with Crippen LogP contribution in [0, 0.1) is 11.3 Å². The van der Waals surface area contributed by atoms with Crippen molar-refractivity contribution in [2.24, 2.45) is 0 Å². The number of benzene rings is 4. The van der Waals surface area contributed by atoms with Gasteiger partial charge in [-0.1, -0.05) is 58.0 Å². The molecule has 0 spiro atoms. The molecule has 1 fully saturated rings. The lowest BCUT2D eigenvalue weighted by Gasteiger charge is -2.27. The van der Waals surface area contributed by atoms with Crippen molar-refractivity contribution in [3.05, 3.63) is 105 Å². The molecule has 13 nitrogen and oxygen atoms in total. The summed E-state index contributed by atoms with van der Waals surface area (Å²) in [7, 11) is 0. The lowest BCUT2D eigenvalue weighted by atomic mass is 9.86. The van der Waals surface area contributed by atoms with E-state index < -0.39 is 29.7 Å². The first-order valence-electron chi connectivity index (χ1n) is 20.3. The molecular weight excluding hydrogens is 861 g/mol. The third kappa shape index (κ3) is 9.61. The first-order chi connectivity index (χ1) is 29.5. The highest BCUT2D eigenvalue weighted by Crippen LogP contribution is 2.41. The number of piperidine rings is 1. The summed E-state index contributed by atoms with van der Waals surface area (Å²) in [5.41, 5.74) is 2.64. The Morgan fingerprint density at radius 1 is 0.787 bits per heavy atom. The number of nitriles is 1. The first-order valence-corrected chi connectivity index (χ1v) is 22.0. The van der Waals surface area contributed by atoms with Gasteiger partial charge in [0, 0.05) is 81.8 Å². The van der Waals surface area contributed by atoms with E-state index in [1.807, 2.05) is 48.5 Å². The topological polar surface area (TPSA) is 195 Å². The van der Waals surface area contributed by atoms with Crippen LogP contribution >= 0.6 is 27.7 Å². The molecule has 2 heterocycles. The number of carbonyl (C=O) groups excluding carboxylic acids is 7. The lowest BCUT2D eigenvalue weighted by Crippen LogP contribution is -2.54. The molecule has 1 saturated heterocycles. The number of anilines is 1. The van der Waals surface area contributed by atoms with Crippen LogP contribution in [0.25, 0.3) is 16.5 Å². The highest BCUT2D eigenvalue weighted by molar-refractivity contribution is 9.10. The van der Waals surface area contributed by atoms with Gasteiger partial charge in [0.25, 0.3) is 11.8 Å². The number of allylic oxidation sites excluding steroid dienone is 1. The van der Waals surface area contributed by atoms with Gasteiger partial charge in [0.15, 0.2) is 0 Å². The lowest BCUT2D eigenvalue weighted by molar-refractivity contribution is -0.136. The van der Waals surface area contributed by atoms with Crippen LogP contribution in [0.15, 0.2) is 92.6 Å². The summed E-state index contributed by atoms with van der Waals surface area (Å²) in [4.78, 5) is 92.0. The third-order valence-corrected chi connectivity index (χ3v) is 12.5. The Bertz CT molecular complexity index is 2530. The molecule has 1 aliphatic carbocycles. The van der Waals surface area contributed by atoms with Gasteiger partial charge in [0.1, 0.15) is 23.5 Å². The molecule has 3 aliphatic rings. The molecule has 2 aliphatic heterocycles. The molecule has 312 valence electrons. The summed E-state index contributed by atoms with van der Waals surface area (Å²) in [6.45, 7) is 1.29. The van der Waals surface area contributed by atoms with Crippen molar-refractivity contribution in [2.75, 3.05) is 25.0 Å². The van der Waals surface area contributed by atoms with Crippen LogP contribution in [0.3, 0.4) is 0 Å². The normalized spacial score (nSPS) is 15.8. The highest BCUT2D eigenvalue weighted by atomic mass is 79.9. The molecule has 4 N–H and O–H groups in total. The highest BCUT2D eigenvalue weighted by Gasteiger charge is 2.45. The van der Waals surface area contributed by atoms with E-state index in [2.05, 4.69) is 43.3 Å². The number of Topliss-reactive ketones (excluding diaryl/α,β-unsaturated/α-hetero) is 2. The van der Waals surface area contributed by atoms with E-state index in [1.165, 1.54) is 0 Å². The number of hydrogen-bond acceptors (Lipinski definition) is 11. The molecule has 0 saturated carbocycles. The average molecular weight is 904 g/mol. The monoisotopic (exact) mass is 902 g/mol. The quantitative estimate of drug-likeness (QED) is 0.0554. The number of ketones is 2. The van der Waals surface area contributed by atoms with Gasteiger partial charge in [-0.25, -0.2) is 0 Å². The number of rotatable bonds is 19. The molecule has 0 radical (unpaired) electrons. The summed E-state index contributed by atoms with van der Waals surface area (Å²) >= 11 is 5.07. The average Bonchev–Trinajstić information content (AvgIpc) is 3.51. The second-order valence-electron chi connectivity index (χ2n) is 15.0. The number of unbranched alkanes of at least 4 members (excludes halogenated alkanes) is 3. The number of imide groups is 2. The molecule has 1 unspecified atom stereocenters. The maximum Gasteiger partial charge on any atom is 0.264 e. The fraction of sp³-hybridized carbons (Fsp3) is 0.304. The van der Waals surface area contributed by atoms with E-state index in [-0.39, 0.29) is 60.0 Å². The number of fused-ring (bicyclic) bond motifs is 1.